The van der Waals surface area contributed by atoms with Gasteiger partial charge in [-0.25, -0.2) is 0 Å². The van der Waals surface area contributed by atoms with E-state index in [9.17, 15) is 14.4 Å². The monoisotopic (exact) mass is 399 g/mol. The second-order valence-electron chi connectivity index (χ2n) is 8.90. The third-order valence-electron chi connectivity index (χ3n) is 6.76. The number of amides is 3. The number of rotatable bonds is 5. The van der Waals surface area contributed by atoms with Crippen molar-refractivity contribution in [1.29, 1.82) is 0 Å². The van der Waals surface area contributed by atoms with E-state index in [1.165, 1.54) is 4.90 Å². The van der Waals surface area contributed by atoms with Crippen LogP contribution in [0.4, 0.5) is 5.69 Å². The van der Waals surface area contributed by atoms with Crippen molar-refractivity contribution in [2.75, 3.05) is 25.6 Å². The van der Waals surface area contributed by atoms with E-state index in [4.69, 9.17) is 4.74 Å². The number of anilines is 1. The molecular weight excluding hydrogens is 370 g/mol. The van der Waals surface area contributed by atoms with Crippen LogP contribution in [-0.4, -0.2) is 48.9 Å². The molecule has 4 atom stereocenters. The third kappa shape index (κ3) is 2.67. The first-order valence-corrected chi connectivity index (χ1v) is 10.3. The summed E-state index contributed by atoms with van der Waals surface area (Å²) in [5, 5.41) is 6.49. The van der Waals surface area contributed by atoms with E-state index in [-0.39, 0.29) is 36.9 Å². The zero-order valence-corrected chi connectivity index (χ0v) is 17.7. The molecule has 1 aromatic carbocycles. The minimum absolute atomic E-state index is 0.197. The molecule has 3 aliphatic heterocycles. The van der Waals surface area contributed by atoms with E-state index in [1.807, 2.05) is 26.0 Å². The second kappa shape index (κ2) is 6.92. The van der Waals surface area contributed by atoms with Crippen molar-refractivity contribution in [2.24, 2.45) is 17.8 Å². The van der Waals surface area contributed by atoms with Crippen LogP contribution < -0.4 is 10.6 Å². The normalized spacial score (nSPS) is 30.5. The average Bonchev–Trinajstić information content (AvgIpc) is 3.22. The summed E-state index contributed by atoms with van der Waals surface area (Å²) < 4.78 is 5.10. The SMILES string of the molecule is COCCN1C(=O)[C@H]2[C@@H](C1=O)[C@]1(N[C@@H]2CC(C)C)C(=O)Nc2c1ccc(C)c2C. The lowest BCUT2D eigenvalue weighted by atomic mass is 9.75. The summed E-state index contributed by atoms with van der Waals surface area (Å²) in [6.07, 6.45) is 0.716. The van der Waals surface area contributed by atoms with Crippen LogP contribution in [0.5, 0.6) is 0 Å². The molecule has 0 bridgehead atoms. The minimum atomic E-state index is -1.20. The van der Waals surface area contributed by atoms with Crippen LogP contribution in [0.25, 0.3) is 0 Å². The van der Waals surface area contributed by atoms with Gasteiger partial charge >= 0.3 is 0 Å². The lowest BCUT2D eigenvalue weighted by molar-refractivity contribution is -0.143. The van der Waals surface area contributed by atoms with Gasteiger partial charge in [-0.15, -0.1) is 0 Å². The van der Waals surface area contributed by atoms with Gasteiger partial charge in [-0.05, 0) is 37.3 Å². The molecule has 4 rings (SSSR count). The zero-order chi connectivity index (χ0) is 21.1. The van der Waals surface area contributed by atoms with E-state index < -0.39 is 17.4 Å². The number of imide groups is 1. The Hall–Kier alpha value is -2.25. The van der Waals surface area contributed by atoms with E-state index in [0.717, 1.165) is 22.4 Å². The Morgan fingerprint density at radius 3 is 2.55 bits per heavy atom. The van der Waals surface area contributed by atoms with Gasteiger partial charge in [0.2, 0.25) is 17.7 Å². The number of aryl methyl sites for hydroxylation is 1. The Labute approximate surface area is 171 Å². The summed E-state index contributed by atoms with van der Waals surface area (Å²) >= 11 is 0. The first kappa shape index (κ1) is 20.0. The highest BCUT2D eigenvalue weighted by Crippen LogP contribution is 2.54. The molecule has 7 heteroatoms. The number of hydrogen-bond acceptors (Lipinski definition) is 5. The fourth-order valence-corrected chi connectivity index (χ4v) is 5.29. The summed E-state index contributed by atoms with van der Waals surface area (Å²) in [5.41, 5.74) is 2.41. The van der Waals surface area contributed by atoms with Crippen molar-refractivity contribution in [1.82, 2.24) is 10.2 Å². The summed E-state index contributed by atoms with van der Waals surface area (Å²) in [6, 6.07) is 3.67. The number of ether oxygens (including phenoxy) is 1. The van der Waals surface area contributed by atoms with Gasteiger partial charge in [0.25, 0.3) is 0 Å². The van der Waals surface area contributed by atoms with E-state index >= 15 is 0 Å². The maximum atomic E-state index is 13.4. The lowest BCUT2D eigenvalue weighted by Crippen LogP contribution is -2.53. The van der Waals surface area contributed by atoms with Crippen LogP contribution in [0, 0.1) is 31.6 Å². The highest BCUT2D eigenvalue weighted by atomic mass is 16.5. The molecule has 0 saturated carbocycles. The molecule has 3 aliphatic rings. The predicted octanol–water partition coefficient (Wildman–Crippen LogP) is 1.72. The smallest absolute Gasteiger partial charge is 0.250 e. The molecule has 0 unspecified atom stereocenters. The van der Waals surface area contributed by atoms with Gasteiger partial charge in [0.05, 0.1) is 25.0 Å². The number of nitrogens with one attached hydrogen (secondary N) is 2. The molecule has 0 aromatic heterocycles. The quantitative estimate of drug-likeness (QED) is 0.736. The highest BCUT2D eigenvalue weighted by molar-refractivity contribution is 6.15. The Balaban J connectivity index is 1.85. The number of carbonyl (C=O) groups excluding carboxylic acids is 3. The molecule has 2 saturated heterocycles. The maximum absolute atomic E-state index is 13.4. The standard InChI is InChI=1S/C22H29N3O4/c1-11(2)10-15-16-17(20(27)25(19(16)26)8-9-29-5)22(24-15)14-7-6-12(3)13(4)18(14)23-21(22)28/h6-7,11,15-17,24H,8-10H2,1-5H3,(H,23,28)/t15-,16-,17+,22+/m1/s1. The Bertz CT molecular complexity index is 896. The van der Waals surface area contributed by atoms with Gasteiger partial charge in [0.1, 0.15) is 5.54 Å². The first-order valence-electron chi connectivity index (χ1n) is 10.3. The first-order chi connectivity index (χ1) is 13.7. The number of nitrogens with zero attached hydrogens (tertiary/aromatic N) is 1. The highest BCUT2D eigenvalue weighted by Gasteiger charge is 2.70. The Morgan fingerprint density at radius 1 is 1.17 bits per heavy atom. The van der Waals surface area contributed by atoms with E-state index in [1.54, 1.807) is 7.11 Å². The summed E-state index contributed by atoms with van der Waals surface area (Å²) in [6.45, 7) is 8.64. The van der Waals surface area contributed by atoms with Gasteiger partial charge in [-0.2, -0.15) is 0 Å². The molecule has 0 aliphatic carbocycles. The fourth-order valence-electron chi connectivity index (χ4n) is 5.29. The molecule has 3 amide bonds. The van der Waals surface area contributed by atoms with Crippen LogP contribution in [0.15, 0.2) is 12.1 Å². The average molecular weight is 399 g/mol. The predicted molar refractivity (Wildman–Crippen MR) is 108 cm³/mol. The van der Waals surface area contributed by atoms with E-state index in [0.29, 0.717) is 12.3 Å². The van der Waals surface area contributed by atoms with Crippen molar-refractivity contribution in [2.45, 2.75) is 45.7 Å². The van der Waals surface area contributed by atoms with E-state index in [2.05, 4.69) is 24.5 Å². The minimum Gasteiger partial charge on any atom is -0.383 e. The van der Waals surface area contributed by atoms with Crippen LogP contribution in [-0.2, 0) is 24.7 Å². The van der Waals surface area contributed by atoms with Crippen LogP contribution in [0.1, 0.15) is 37.0 Å². The maximum Gasteiger partial charge on any atom is 0.250 e. The topological polar surface area (TPSA) is 87.7 Å². The number of benzene rings is 1. The Kier molecular flexibility index (Phi) is 4.78. The van der Waals surface area contributed by atoms with Crippen molar-refractivity contribution in [3.05, 3.63) is 28.8 Å². The summed E-state index contributed by atoms with van der Waals surface area (Å²) in [5.74, 6) is -1.67. The lowest BCUT2D eigenvalue weighted by Gasteiger charge is -2.30. The number of fused-ring (bicyclic) bond motifs is 4. The molecular formula is C22H29N3O4. The van der Waals surface area contributed by atoms with Gasteiger partial charge in [0.15, 0.2) is 0 Å². The Morgan fingerprint density at radius 2 is 1.90 bits per heavy atom. The van der Waals surface area contributed by atoms with Gasteiger partial charge in [0, 0.05) is 24.4 Å². The number of hydrogen-bond donors (Lipinski definition) is 2. The van der Waals surface area contributed by atoms with Gasteiger partial charge in [-0.1, -0.05) is 26.0 Å². The largest absolute Gasteiger partial charge is 0.383 e. The van der Waals surface area contributed by atoms with Crippen molar-refractivity contribution >= 4 is 23.4 Å². The van der Waals surface area contributed by atoms with Gasteiger partial charge in [-0.3, -0.25) is 24.6 Å². The summed E-state index contributed by atoms with van der Waals surface area (Å²) in [7, 11) is 1.54. The van der Waals surface area contributed by atoms with Gasteiger partial charge < -0.3 is 10.1 Å². The molecule has 29 heavy (non-hydrogen) atoms. The molecule has 7 nitrogen and oxygen atoms in total. The third-order valence-corrected chi connectivity index (χ3v) is 6.76. The van der Waals surface area contributed by atoms with Crippen molar-refractivity contribution in [3.63, 3.8) is 0 Å². The molecule has 2 N–H and O–H groups in total. The van der Waals surface area contributed by atoms with Crippen LogP contribution >= 0.6 is 0 Å². The van der Waals surface area contributed by atoms with Crippen LogP contribution in [0.3, 0.4) is 0 Å². The van der Waals surface area contributed by atoms with Crippen molar-refractivity contribution < 1.29 is 19.1 Å². The second-order valence-corrected chi connectivity index (χ2v) is 8.90. The zero-order valence-electron chi connectivity index (χ0n) is 17.7. The molecule has 1 aromatic rings. The number of likely N-dealkylation sites (tertiary alicyclic amines) is 1. The number of carbonyl (C=O) groups is 3. The molecule has 1 spiro atoms. The molecule has 0 radical (unpaired) electrons. The fraction of sp³-hybridized carbons (Fsp3) is 0.591. The van der Waals surface area contributed by atoms with Crippen LogP contribution in [0.2, 0.25) is 0 Å². The van der Waals surface area contributed by atoms with Crippen molar-refractivity contribution in [3.8, 4) is 0 Å². The number of methoxy groups -OCH3 is 1. The molecule has 156 valence electrons. The molecule has 2 fully saturated rings. The molecule has 3 heterocycles. The summed E-state index contributed by atoms with van der Waals surface area (Å²) in [4.78, 5) is 41.4.